The fourth-order valence-corrected chi connectivity index (χ4v) is 3.94. The van der Waals surface area contributed by atoms with Gasteiger partial charge in [0.05, 0.1) is 30.9 Å². The van der Waals surface area contributed by atoms with Gasteiger partial charge in [0.15, 0.2) is 17.1 Å². The van der Waals surface area contributed by atoms with Gasteiger partial charge >= 0.3 is 0 Å². The van der Waals surface area contributed by atoms with Gasteiger partial charge in [0.1, 0.15) is 16.9 Å². The van der Waals surface area contributed by atoms with Crippen molar-refractivity contribution in [1.29, 1.82) is 0 Å². The van der Waals surface area contributed by atoms with E-state index in [2.05, 4.69) is 5.32 Å². The van der Waals surface area contributed by atoms with Crippen LogP contribution in [0.3, 0.4) is 0 Å². The standard InChI is InChI=1S/C26H23N5O3/c1-15-8-10-16(11-9-15)28-26(32)22-23-25(30-19-7-5-4-6-18(19)29-23)31(24(22)27)17-12-13-20(33-2)21(14-17)34-3/h4-14H,27H2,1-3H3,(H,28,32). The lowest BCUT2D eigenvalue weighted by molar-refractivity contribution is 0.102. The lowest BCUT2D eigenvalue weighted by Crippen LogP contribution is -2.14. The van der Waals surface area contributed by atoms with Crippen LogP contribution in [0.2, 0.25) is 0 Å². The Morgan fingerprint density at radius 2 is 1.59 bits per heavy atom. The number of rotatable bonds is 5. The van der Waals surface area contributed by atoms with E-state index in [1.807, 2.05) is 61.5 Å². The number of nitrogens with zero attached hydrogens (tertiary/aromatic N) is 3. The fraction of sp³-hybridized carbons (Fsp3) is 0.115. The van der Waals surface area contributed by atoms with Crippen molar-refractivity contribution in [1.82, 2.24) is 14.5 Å². The highest BCUT2D eigenvalue weighted by atomic mass is 16.5. The number of ether oxygens (including phenoxy) is 2. The molecule has 8 heteroatoms. The summed E-state index contributed by atoms with van der Waals surface area (Å²) in [5.74, 6) is 0.966. The molecule has 0 saturated carbocycles. The highest BCUT2D eigenvalue weighted by Gasteiger charge is 2.25. The number of nitrogens with two attached hydrogens (primary N) is 1. The largest absolute Gasteiger partial charge is 0.493 e. The van der Waals surface area contributed by atoms with Crippen molar-refractivity contribution in [2.45, 2.75) is 6.92 Å². The Hall–Kier alpha value is -4.59. The summed E-state index contributed by atoms with van der Waals surface area (Å²) in [5, 5.41) is 2.93. The van der Waals surface area contributed by atoms with Crippen LogP contribution in [-0.4, -0.2) is 34.7 Å². The van der Waals surface area contributed by atoms with Crippen LogP contribution in [0, 0.1) is 6.92 Å². The second-order valence-corrected chi connectivity index (χ2v) is 7.84. The molecule has 3 aromatic carbocycles. The number of aryl methyl sites for hydroxylation is 1. The first kappa shape index (κ1) is 21.3. The Labute approximate surface area is 196 Å². The van der Waals surface area contributed by atoms with Crippen molar-refractivity contribution in [3.05, 3.63) is 77.9 Å². The number of nitrogens with one attached hydrogen (secondary N) is 1. The number of anilines is 2. The van der Waals surface area contributed by atoms with Crippen molar-refractivity contribution in [2.75, 3.05) is 25.3 Å². The molecule has 0 bridgehead atoms. The fourth-order valence-electron chi connectivity index (χ4n) is 3.94. The first-order chi connectivity index (χ1) is 16.5. The number of aromatic nitrogens is 3. The normalized spacial score (nSPS) is 11.0. The summed E-state index contributed by atoms with van der Waals surface area (Å²) >= 11 is 0. The number of hydrogen-bond donors (Lipinski definition) is 2. The SMILES string of the molecule is COc1ccc(-n2c(N)c(C(=O)Nc3ccc(C)cc3)c3nc4ccccc4nc32)cc1OC. The maximum atomic E-state index is 13.4. The number of nitrogen functional groups attached to an aromatic ring is 1. The van der Waals surface area contributed by atoms with Crippen LogP contribution >= 0.6 is 0 Å². The molecule has 2 heterocycles. The molecule has 0 radical (unpaired) electrons. The molecule has 0 atom stereocenters. The quantitative estimate of drug-likeness (QED) is 0.399. The van der Waals surface area contributed by atoms with Gasteiger partial charge in [-0.2, -0.15) is 0 Å². The zero-order chi connectivity index (χ0) is 23.8. The smallest absolute Gasteiger partial charge is 0.261 e. The number of benzene rings is 3. The molecule has 1 amide bonds. The van der Waals surface area contributed by atoms with Crippen molar-refractivity contribution in [2.24, 2.45) is 0 Å². The predicted octanol–water partition coefficient (Wildman–Crippen LogP) is 4.73. The number of amides is 1. The van der Waals surface area contributed by atoms with Gasteiger partial charge in [0, 0.05) is 11.8 Å². The molecule has 0 aliphatic heterocycles. The van der Waals surface area contributed by atoms with Crippen LogP contribution in [0.1, 0.15) is 15.9 Å². The van der Waals surface area contributed by atoms with E-state index in [9.17, 15) is 4.79 Å². The van der Waals surface area contributed by atoms with Crippen LogP contribution in [-0.2, 0) is 0 Å². The summed E-state index contributed by atoms with van der Waals surface area (Å²) in [7, 11) is 3.13. The monoisotopic (exact) mass is 453 g/mol. The maximum Gasteiger partial charge on any atom is 0.261 e. The first-order valence-corrected chi connectivity index (χ1v) is 10.7. The third-order valence-electron chi connectivity index (χ3n) is 5.66. The Kier molecular flexibility index (Phi) is 5.25. The molecule has 5 rings (SSSR count). The molecule has 5 aromatic rings. The molecule has 3 N–H and O–H groups in total. The number of para-hydroxylation sites is 2. The van der Waals surface area contributed by atoms with Gasteiger partial charge in [-0.05, 0) is 43.3 Å². The Morgan fingerprint density at radius 1 is 0.912 bits per heavy atom. The Balaban J connectivity index is 1.74. The molecule has 0 aliphatic rings. The van der Waals surface area contributed by atoms with Crippen LogP contribution in [0.25, 0.3) is 27.9 Å². The summed E-state index contributed by atoms with van der Waals surface area (Å²) in [6, 6.07) is 20.4. The van der Waals surface area contributed by atoms with Crippen molar-refractivity contribution >= 4 is 39.6 Å². The molecule has 8 nitrogen and oxygen atoms in total. The van der Waals surface area contributed by atoms with Crippen molar-refractivity contribution in [3.63, 3.8) is 0 Å². The number of hydrogen-bond acceptors (Lipinski definition) is 6. The molecule has 0 saturated heterocycles. The van der Waals surface area contributed by atoms with E-state index in [-0.39, 0.29) is 17.3 Å². The molecule has 34 heavy (non-hydrogen) atoms. The van der Waals surface area contributed by atoms with Crippen LogP contribution in [0.5, 0.6) is 11.5 Å². The Morgan fingerprint density at radius 3 is 2.26 bits per heavy atom. The summed E-state index contributed by atoms with van der Waals surface area (Å²) in [5.41, 5.74) is 11.5. The number of methoxy groups -OCH3 is 2. The predicted molar refractivity (Wildman–Crippen MR) is 133 cm³/mol. The summed E-state index contributed by atoms with van der Waals surface area (Å²) in [6.45, 7) is 1.99. The van der Waals surface area contributed by atoms with Crippen molar-refractivity contribution < 1.29 is 14.3 Å². The molecule has 2 aromatic heterocycles. The number of fused-ring (bicyclic) bond motifs is 2. The molecular weight excluding hydrogens is 430 g/mol. The molecule has 170 valence electrons. The van der Waals surface area contributed by atoms with Crippen molar-refractivity contribution in [3.8, 4) is 17.2 Å². The van der Waals surface area contributed by atoms with E-state index in [0.29, 0.717) is 45.1 Å². The van der Waals surface area contributed by atoms with Crippen LogP contribution in [0.15, 0.2) is 66.7 Å². The molecule has 0 fully saturated rings. The van der Waals surface area contributed by atoms with Gasteiger partial charge in [-0.15, -0.1) is 0 Å². The lowest BCUT2D eigenvalue weighted by atomic mass is 10.2. The summed E-state index contributed by atoms with van der Waals surface area (Å²) in [6.07, 6.45) is 0. The highest BCUT2D eigenvalue weighted by molar-refractivity contribution is 6.16. The summed E-state index contributed by atoms with van der Waals surface area (Å²) < 4.78 is 12.5. The molecule has 0 spiro atoms. The average Bonchev–Trinajstić information content (AvgIpc) is 3.14. The lowest BCUT2D eigenvalue weighted by Gasteiger charge is -2.12. The van der Waals surface area contributed by atoms with Crippen LogP contribution < -0.4 is 20.5 Å². The minimum atomic E-state index is -0.366. The minimum absolute atomic E-state index is 0.224. The molecule has 0 unspecified atom stereocenters. The zero-order valence-corrected chi connectivity index (χ0v) is 19.0. The topological polar surface area (TPSA) is 104 Å². The second kappa shape index (κ2) is 8.40. The van der Waals surface area contributed by atoms with Gasteiger partial charge < -0.3 is 20.5 Å². The third kappa shape index (κ3) is 3.55. The van der Waals surface area contributed by atoms with E-state index in [4.69, 9.17) is 25.2 Å². The summed E-state index contributed by atoms with van der Waals surface area (Å²) in [4.78, 5) is 23.0. The maximum absolute atomic E-state index is 13.4. The van der Waals surface area contributed by atoms with Gasteiger partial charge in [0.25, 0.3) is 5.91 Å². The van der Waals surface area contributed by atoms with E-state index < -0.39 is 0 Å². The highest BCUT2D eigenvalue weighted by Crippen LogP contribution is 2.35. The average molecular weight is 454 g/mol. The number of carbonyl (C=O) groups is 1. The minimum Gasteiger partial charge on any atom is -0.493 e. The van der Waals surface area contributed by atoms with E-state index in [1.54, 1.807) is 30.9 Å². The van der Waals surface area contributed by atoms with E-state index in [0.717, 1.165) is 5.56 Å². The third-order valence-corrected chi connectivity index (χ3v) is 5.66. The van der Waals surface area contributed by atoms with Gasteiger partial charge in [-0.1, -0.05) is 29.8 Å². The second-order valence-electron chi connectivity index (χ2n) is 7.84. The zero-order valence-electron chi connectivity index (χ0n) is 19.0. The van der Waals surface area contributed by atoms with Gasteiger partial charge in [-0.25, -0.2) is 9.97 Å². The van der Waals surface area contributed by atoms with Gasteiger partial charge in [0.2, 0.25) is 0 Å². The van der Waals surface area contributed by atoms with E-state index in [1.165, 1.54) is 0 Å². The van der Waals surface area contributed by atoms with E-state index >= 15 is 0 Å². The molecular formula is C26H23N5O3. The number of carbonyl (C=O) groups excluding carboxylic acids is 1. The Bertz CT molecular complexity index is 1540. The first-order valence-electron chi connectivity index (χ1n) is 10.7. The van der Waals surface area contributed by atoms with Gasteiger partial charge in [-0.3, -0.25) is 9.36 Å². The molecule has 0 aliphatic carbocycles. The van der Waals surface area contributed by atoms with Crippen LogP contribution in [0.4, 0.5) is 11.5 Å².